The first-order chi connectivity index (χ1) is 18.6. The van der Waals surface area contributed by atoms with E-state index in [0.29, 0.717) is 25.0 Å². The second-order valence-electron chi connectivity index (χ2n) is 9.61. The molecule has 212 valence electrons. The van der Waals surface area contributed by atoms with E-state index in [4.69, 9.17) is 11.5 Å². The number of hydrogen-bond donors (Lipinski definition) is 6. The Kier molecular flexibility index (Phi) is 10.8. The van der Waals surface area contributed by atoms with Gasteiger partial charge in [-0.3, -0.25) is 19.2 Å². The normalized spacial score (nSPS) is 17.4. The predicted octanol–water partition coefficient (Wildman–Crippen LogP) is 0.102. The Hall–Kier alpha value is -3.58. The van der Waals surface area contributed by atoms with Crippen LogP contribution in [0.4, 0.5) is 0 Å². The van der Waals surface area contributed by atoms with Crippen LogP contribution in [0.25, 0.3) is 10.9 Å². The number of nitrogens with one attached hydrogen (secondary N) is 3. The molecule has 1 aliphatic rings. The number of primary amides is 1. The van der Waals surface area contributed by atoms with Crippen molar-refractivity contribution >= 4 is 52.3 Å². The summed E-state index contributed by atoms with van der Waals surface area (Å²) in [5, 5.41) is 15.8. The molecule has 0 spiro atoms. The van der Waals surface area contributed by atoms with Crippen LogP contribution in [0.1, 0.15) is 37.7 Å². The fraction of sp³-hybridized carbons (Fsp3) is 0.500. The monoisotopic (exact) mass is 560 g/mol. The third-order valence-corrected chi connectivity index (χ3v) is 7.46. The SMILES string of the molecule is CSCCC(N)C(=O)NC(CCC(N)=O)C(=O)NC(Cc1c[nH]c2ccccc12)C(=O)N1CCCC1C(=O)O. The van der Waals surface area contributed by atoms with Gasteiger partial charge in [-0.25, -0.2) is 4.79 Å². The number of H-pyrrole nitrogens is 1. The Balaban J connectivity index is 1.85. The molecule has 39 heavy (non-hydrogen) atoms. The van der Waals surface area contributed by atoms with Gasteiger partial charge in [0.1, 0.15) is 18.1 Å². The molecule has 0 bridgehead atoms. The van der Waals surface area contributed by atoms with Crippen LogP contribution >= 0.6 is 11.8 Å². The van der Waals surface area contributed by atoms with Gasteiger partial charge >= 0.3 is 5.97 Å². The first-order valence-corrected chi connectivity index (χ1v) is 14.2. The number of likely N-dealkylation sites (tertiary alicyclic amines) is 1. The highest BCUT2D eigenvalue weighted by Crippen LogP contribution is 2.23. The summed E-state index contributed by atoms with van der Waals surface area (Å²) in [4.78, 5) is 67.4. The first kappa shape index (κ1) is 30.0. The van der Waals surface area contributed by atoms with Crippen molar-refractivity contribution in [3.63, 3.8) is 0 Å². The van der Waals surface area contributed by atoms with Gasteiger partial charge in [0, 0.05) is 36.5 Å². The van der Waals surface area contributed by atoms with Gasteiger partial charge in [-0.05, 0) is 49.3 Å². The molecule has 12 nitrogen and oxygen atoms in total. The molecule has 4 amide bonds. The molecule has 4 atom stereocenters. The summed E-state index contributed by atoms with van der Waals surface area (Å²) in [6, 6.07) is 3.35. The number of para-hydroxylation sites is 1. The highest BCUT2D eigenvalue weighted by Gasteiger charge is 2.38. The van der Waals surface area contributed by atoms with E-state index in [9.17, 15) is 29.1 Å². The zero-order chi connectivity index (χ0) is 28.5. The third kappa shape index (κ3) is 7.96. The number of rotatable bonds is 14. The minimum Gasteiger partial charge on any atom is -0.480 e. The van der Waals surface area contributed by atoms with E-state index in [1.807, 2.05) is 30.5 Å². The second kappa shape index (κ2) is 14.0. The fourth-order valence-electron chi connectivity index (χ4n) is 4.69. The number of carbonyl (C=O) groups is 5. The molecule has 0 saturated carbocycles. The molecule has 1 aromatic carbocycles. The molecule has 2 aromatic rings. The molecule has 0 aliphatic carbocycles. The lowest BCUT2D eigenvalue weighted by molar-refractivity contribution is -0.149. The standard InChI is InChI=1S/C26H36N6O6S/c1-39-12-10-17(27)23(34)30-19(8-9-22(28)33)24(35)31-20(25(36)32-11-4-7-21(32)26(37)38)13-15-14-29-18-6-3-2-5-16(15)18/h2-3,5-6,14,17,19-21,29H,4,7-13,27H2,1H3,(H2,28,33)(H,30,34)(H,31,35)(H,37,38). The number of aromatic nitrogens is 1. The summed E-state index contributed by atoms with van der Waals surface area (Å²) < 4.78 is 0. The van der Waals surface area contributed by atoms with Gasteiger partial charge in [0.2, 0.25) is 23.6 Å². The Bertz CT molecular complexity index is 1200. The molecular formula is C26H36N6O6S. The zero-order valence-electron chi connectivity index (χ0n) is 21.9. The molecule has 4 unspecified atom stereocenters. The first-order valence-electron chi connectivity index (χ1n) is 12.8. The van der Waals surface area contributed by atoms with Crippen LogP contribution in [0.2, 0.25) is 0 Å². The van der Waals surface area contributed by atoms with Gasteiger partial charge in [0.15, 0.2) is 0 Å². The summed E-state index contributed by atoms with van der Waals surface area (Å²) in [6.45, 7) is 0.252. The number of thioether (sulfide) groups is 1. The van der Waals surface area contributed by atoms with Crippen molar-refractivity contribution < 1.29 is 29.1 Å². The smallest absolute Gasteiger partial charge is 0.326 e. The Morgan fingerprint density at radius 3 is 2.54 bits per heavy atom. The highest BCUT2D eigenvalue weighted by molar-refractivity contribution is 7.98. The van der Waals surface area contributed by atoms with E-state index in [1.54, 1.807) is 6.20 Å². The van der Waals surface area contributed by atoms with Gasteiger partial charge < -0.3 is 37.1 Å². The maximum Gasteiger partial charge on any atom is 0.326 e. The molecule has 1 saturated heterocycles. The molecule has 13 heteroatoms. The van der Waals surface area contributed by atoms with Crippen LogP contribution in [-0.2, 0) is 30.4 Å². The van der Waals surface area contributed by atoms with E-state index < -0.39 is 53.8 Å². The number of fused-ring (bicyclic) bond motifs is 1. The summed E-state index contributed by atoms with van der Waals surface area (Å²) in [7, 11) is 0. The lowest BCUT2D eigenvalue weighted by Crippen LogP contribution is -2.57. The zero-order valence-corrected chi connectivity index (χ0v) is 22.7. The summed E-state index contributed by atoms with van der Waals surface area (Å²) in [6.07, 6.45) is 4.69. The fourth-order valence-corrected chi connectivity index (χ4v) is 5.18. The number of aliphatic carboxylic acids is 1. The highest BCUT2D eigenvalue weighted by atomic mass is 32.2. The van der Waals surface area contributed by atoms with Crippen molar-refractivity contribution in [2.75, 3.05) is 18.6 Å². The maximum absolute atomic E-state index is 13.6. The molecule has 1 fully saturated rings. The van der Waals surface area contributed by atoms with Crippen LogP contribution in [-0.4, -0.2) is 87.3 Å². The quantitative estimate of drug-likeness (QED) is 0.187. The molecule has 2 heterocycles. The molecule has 0 radical (unpaired) electrons. The minimum atomic E-state index is -1.17. The molecule has 3 rings (SSSR count). The number of aromatic amines is 1. The Morgan fingerprint density at radius 1 is 1.13 bits per heavy atom. The van der Waals surface area contributed by atoms with Crippen LogP contribution < -0.4 is 22.1 Å². The van der Waals surface area contributed by atoms with E-state index >= 15 is 0 Å². The number of nitrogens with two attached hydrogens (primary N) is 2. The van der Waals surface area contributed by atoms with Crippen LogP contribution in [0.5, 0.6) is 0 Å². The topological polar surface area (TPSA) is 201 Å². The van der Waals surface area contributed by atoms with E-state index in [2.05, 4.69) is 15.6 Å². The van der Waals surface area contributed by atoms with Crippen molar-refractivity contribution in [3.8, 4) is 0 Å². The number of carboxylic acid groups (broad SMARTS) is 1. The van der Waals surface area contributed by atoms with Crippen LogP contribution in [0.3, 0.4) is 0 Å². The number of amides is 4. The predicted molar refractivity (Wildman–Crippen MR) is 148 cm³/mol. The lowest BCUT2D eigenvalue weighted by Gasteiger charge is -2.29. The number of nitrogens with zero attached hydrogens (tertiary/aromatic N) is 1. The van der Waals surface area contributed by atoms with Gasteiger partial charge in [-0.15, -0.1) is 0 Å². The molecule has 1 aliphatic heterocycles. The number of carboxylic acids is 1. The second-order valence-corrected chi connectivity index (χ2v) is 10.6. The van der Waals surface area contributed by atoms with Gasteiger partial charge in [-0.2, -0.15) is 11.8 Å². The van der Waals surface area contributed by atoms with Crippen LogP contribution in [0, 0.1) is 0 Å². The molecular weight excluding hydrogens is 524 g/mol. The summed E-state index contributed by atoms with van der Waals surface area (Å²) in [5.74, 6) is -2.89. The average molecular weight is 561 g/mol. The number of carbonyl (C=O) groups excluding carboxylic acids is 4. The van der Waals surface area contributed by atoms with Gasteiger partial charge in [0.05, 0.1) is 6.04 Å². The number of hydrogen-bond acceptors (Lipinski definition) is 7. The van der Waals surface area contributed by atoms with Crippen molar-refractivity contribution in [2.45, 2.75) is 62.7 Å². The lowest BCUT2D eigenvalue weighted by atomic mass is 10.0. The van der Waals surface area contributed by atoms with Crippen molar-refractivity contribution in [2.24, 2.45) is 11.5 Å². The van der Waals surface area contributed by atoms with Gasteiger partial charge in [-0.1, -0.05) is 18.2 Å². The Labute approximate surface area is 230 Å². The van der Waals surface area contributed by atoms with E-state index in [0.717, 1.165) is 16.5 Å². The summed E-state index contributed by atoms with van der Waals surface area (Å²) in [5.41, 5.74) is 12.8. The van der Waals surface area contributed by atoms with E-state index in [-0.39, 0.29) is 25.8 Å². The third-order valence-electron chi connectivity index (χ3n) is 6.82. The Morgan fingerprint density at radius 2 is 1.85 bits per heavy atom. The van der Waals surface area contributed by atoms with Crippen molar-refractivity contribution in [3.05, 3.63) is 36.0 Å². The number of benzene rings is 1. The van der Waals surface area contributed by atoms with Crippen molar-refractivity contribution in [1.29, 1.82) is 0 Å². The molecule has 8 N–H and O–H groups in total. The van der Waals surface area contributed by atoms with Gasteiger partial charge in [0.25, 0.3) is 0 Å². The van der Waals surface area contributed by atoms with Crippen LogP contribution in [0.15, 0.2) is 30.5 Å². The molecule has 1 aromatic heterocycles. The minimum absolute atomic E-state index is 0.0845. The van der Waals surface area contributed by atoms with E-state index in [1.165, 1.54) is 16.7 Å². The average Bonchev–Trinajstić information content (AvgIpc) is 3.56. The maximum atomic E-state index is 13.6. The largest absolute Gasteiger partial charge is 0.480 e. The summed E-state index contributed by atoms with van der Waals surface area (Å²) >= 11 is 1.53. The van der Waals surface area contributed by atoms with Crippen molar-refractivity contribution in [1.82, 2.24) is 20.5 Å².